The van der Waals surface area contributed by atoms with Crippen LogP contribution in [0.15, 0.2) is 4.99 Å². The Morgan fingerprint density at radius 2 is 2.33 bits per heavy atom. The molecule has 1 aliphatic heterocycles. The van der Waals surface area contributed by atoms with Crippen molar-refractivity contribution >= 4 is 5.96 Å². The van der Waals surface area contributed by atoms with Crippen molar-refractivity contribution in [1.29, 1.82) is 0 Å². The first-order valence-corrected chi connectivity index (χ1v) is 5.76. The molecule has 0 spiro atoms. The van der Waals surface area contributed by atoms with Crippen molar-refractivity contribution in [3.8, 4) is 0 Å². The van der Waals surface area contributed by atoms with E-state index in [0.29, 0.717) is 11.9 Å². The number of nitrogens with zero attached hydrogens (tertiary/aromatic N) is 2. The Hall–Kier alpha value is -0.770. The van der Waals surface area contributed by atoms with Gasteiger partial charge in [0.2, 0.25) is 0 Å². The molecule has 1 fully saturated rings. The summed E-state index contributed by atoms with van der Waals surface area (Å²) in [7, 11) is 0. The van der Waals surface area contributed by atoms with E-state index in [1.165, 1.54) is 0 Å². The molecule has 0 aromatic carbocycles. The molecule has 15 heavy (non-hydrogen) atoms. The number of ether oxygens (including phenoxy) is 1. The normalized spacial score (nSPS) is 24.4. The summed E-state index contributed by atoms with van der Waals surface area (Å²) >= 11 is 0. The first-order valence-electron chi connectivity index (χ1n) is 5.76. The van der Waals surface area contributed by atoms with Crippen LogP contribution in [0.2, 0.25) is 0 Å². The van der Waals surface area contributed by atoms with Gasteiger partial charge < -0.3 is 15.4 Å². The van der Waals surface area contributed by atoms with Gasteiger partial charge in [-0.2, -0.15) is 0 Å². The highest BCUT2D eigenvalue weighted by molar-refractivity contribution is 5.78. The SMILES string of the molecule is CC(C)CN=C(N)N1CCCOC(C)C1. The van der Waals surface area contributed by atoms with E-state index in [1.807, 2.05) is 0 Å². The van der Waals surface area contributed by atoms with Crippen molar-refractivity contribution in [2.24, 2.45) is 16.6 Å². The second kappa shape index (κ2) is 5.95. The van der Waals surface area contributed by atoms with Gasteiger partial charge in [0.1, 0.15) is 0 Å². The Kier molecular flexibility index (Phi) is 4.88. The molecule has 4 nitrogen and oxygen atoms in total. The van der Waals surface area contributed by atoms with Gasteiger partial charge in [0.05, 0.1) is 6.10 Å². The minimum atomic E-state index is 0.250. The van der Waals surface area contributed by atoms with Crippen LogP contribution in [-0.2, 0) is 4.74 Å². The zero-order valence-electron chi connectivity index (χ0n) is 10.1. The molecule has 1 heterocycles. The third-order valence-electron chi connectivity index (χ3n) is 2.39. The summed E-state index contributed by atoms with van der Waals surface area (Å²) < 4.78 is 5.56. The zero-order chi connectivity index (χ0) is 11.3. The minimum Gasteiger partial charge on any atom is -0.377 e. The molecule has 2 N–H and O–H groups in total. The summed E-state index contributed by atoms with van der Waals surface area (Å²) in [6.07, 6.45) is 1.28. The average molecular weight is 213 g/mol. The van der Waals surface area contributed by atoms with Crippen molar-refractivity contribution < 1.29 is 4.74 Å². The van der Waals surface area contributed by atoms with E-state index < -0.39 is 0 Å². The molecule has 88 valence electrons. The van der Waals surface area contributed by atoms with Crippen LogP contribution < -0.4 is 5.73 Å². The van der Waals surface area contributed by atoms with Gasteiger partial charge in [-0.25, -0.2) is 0 Å². The molecule has 0 amide bonds. The average Bonchev–Trinajstić information content (AvgIpc) is 2.39. The lowest BCUT2D eigenvalue weighted by atomic mass is 10.2. The van der Waals surface area contributed by atoms with E-state index in [-0.39, 0.29) is 6.10 Å². The van der Waals surface area contributed by atoms with E-state index in [2.05, 4.69) is 30.7 Å². The van der Waals surface area contributed by atoms with Gasteiger partial charge >= 0.3 is 0 Å². The number of nitrogens with two attached hydrogens (primary N) is 1. The zero-order valence-corrected chi connectivity index (χ0v) is 10.1. The predicted molar refractivity (Wildman–Crippen MR) is 62.9 cm³/mol. The Balaban J connectivity index is 2.49. The maximum atomic E-state index is 5.95. The minimum absolute atomic E-state index is 0.250. The lowest BCUT2D eigenvalue weighted by Crippen LogP contribution is -2.41. The summed E-state index contributed by atoms with van der Waals surface area (Å²) in [4.78, 5) is 6.51. The first kappa shape index (κ1) is 12.3. The Bertz CT molecular complexity index is 216. The topological polar surface area (TPSA) is 50.8 Å². The molecule has 0 aromatic rings. The van der Waals surface area contributed by atoms with Gasteiger partial charge in [0.25, 0.3) is 0 Å². The number of guanidine groups is 1. The highest BCUT2D eigenvalue weighted by atomic mass is 16.5. The first-order chi connectivity index (χ1) is 7.09. The van der Waals surface area contributed by atoms with Crippen molar-refractivity contribution in [2.45, 2.75) is 33.3 Å². The number of aliphatic imine (C=N–C) groups is 1. The molecule has 1 unspecified atom stereocenters. The maximum Gasteiger partial charge on any atom is 0.191 e. The van der Waals surface area contributed by atoms with Crippen LogP contribution in [0, 0.1) is 5.92 Å². The molecule has 1 rings (SSSR count). The van der Waals surface area contributed by atoms with Gasteiger partial charge in [-0.3, -0.25) is 4.99 Å². The molecule has 4 heteroatoms. The maximum absolute atomic E-state index is 5.95. The molecule has 0 radical (unpaired) electrons. The lowest BCUT2D eigenvalue weighted by Gasteiger charge is -2.23. The predicted octanol–water partition coefficient (Wildman–Crippen LogP) is 1.07. The van der Waals surface area contributed by atoms with Gasteiger partial charge in [-0.15, -0.1) is 0 Å². The number of hydrogen-bond acceptors (Lipinski definition) is 2. The van der Waals surface area contributed by atoms with E-state index >= 15 is 0 Å². The van der Waals surface area contributed by atoms with Crippen LogP contribution in [0.3, 0.4) is 0 Å². The van der Waals surface area contributed by atoms with Gasteiger partial charge in [-0.05, 0) is 19.3 Å². The largest absolute Gasteiger partial charge is 0.377 e. The molecule has 0 aromatic heterocycles. The summed E-state index contributed by atoms with van der Waals surface area (Å²) in [6, 6.07) is 0. The number of hydrogen-bond donors (Lipinski definition) is 1. The van der Waals surface area contributed by atoms with Crippen LogP contribution in [0.5, 0.6) is 0 Å². The van der Waals surface area contributed by atoms with Crippen molar-refractivity contribution in [3.05, 3.63) is 0 Å². The van der Waals surface area contributed by atoms with Gasteiger partial charge in [0.15, 0.2) is 5.96 Å². The second-order valence-electron chi connectivity index (χ2n) is 4.57. The molecule has 0 bridgehead atoms. The third kappa shape index (κ3) is 4.51. The van der Waals surface area contributed by atoms with Crippen LogP contribution in [0.25, 0.3) is 0 Å². The van der Waals surface area contributed by atoms with Crippen molar-refractivity contribution in [1.82, 2.24) is 4.90 Å². The fourth-order valence-corrected chi connectivity index (χ4v) is 1.58. The number of rotatable bonds is 2. The summed E-state index contributed by atoms with van der Waals surface area (Å²) in [5.41, 5.74) is 5.95. The standard InChI is InChI=1S/C11H23N3O/c1-9(2)7-13-11(12)14-5-4-6-15-10(3)8-14/h9-10H,4-8H2,1-3H3,(H2,12,13). The fraction of sp³-hybridized carbons (Fsp3) is 0.909. The molecule has 1 saturated heterocycles. The summed E-state index contributed by atoms with van der Waals surface area (Å²) in [5.74, 6) is 1.23. The molecule has 0 aliphatic carbocycles. The third-order valence-corrected chi connectivity index (χ3v) is 2.39. The molecule has 0 saturated carbocycles. The Labute approximate surface area is 92.5 Å². The lowest BCUT2D eigenvalue weighted by molar-refractivity contribution is 0.0742. The smallest absolute Gasteiger partial charge is 0.191 e. The monoisotopic (exact) mass is 213 g/mol. The Morgan fingerprint density at radius 3 is 3.00 bits per heavy atom. The van der Waals surface area contributed by atoms with Crippen LogP contribution in [-0.4, -0.2) is 43.2 Å². The van der Waals surface area contributed by atoms with E-state index in [0.717, 1.165) is 32.7 Å². The van der Waals surface area contributed by atoms with Crippen LogP contribution in [0.1, 0.15) is 27.2 Å². The summed E-state index contributed by atoms with van der Waals surface area (Å²) in [6.45, 7) is 9.81. The van der Waals surface area contributed by atoms with Crippen molar-refractivity contribution in [2.75, 3.05) is 26.2 Å². The van der Waals surface area contributed by atoms with Crippen LogP contribution in [0.4, 0.5) is 0 Å². The van der Waals surface area contributed by atoms with Gasteiger partial charge in [0, 0.05) is 26.2 Å². The van der Waals surface area contributed by atoms with Crippen LogP contribution >= 0.6 is 0 Å². The molecule has 1 aliphatic rings. The fourth-order valence-electron chi connectivity index (χ4n) is 1.58. The Morgan fingerprint density at radius 1 is 1.60 bits per heavy atom. The van der Waals surface area contributed by atoms with Crippen molar-refractivity contribution in [3.63, 3.8) is 0 Å². The van der Waals surface area contributed by atoms with E-state index in [1.54, 1.807) is 0 Å². The highest BCUT2D eigenvalue weighted by Gasteiger charge is 2.16. The van der Waals surface area contributed by atoms with Gasteiger partial charge in [-0.1, -0.05) is 13.8 Å². The highest BCUT2D eigenvalue weighted by Crippen LogP contribution is 2.05. The van der Waals surface area contributed by atoms with E-state index in [4.69, 9.17) is 10.5 Å². The molecular formula is C11H23N3O. The summed E-state index contributed by atoms with van der Waals surface area (Å²) in [5, 5.41) is 0. The quantitative estimate of drug-likeness (QED) is 0.551. The second-order valence-corrected chi connectivity index (χ2v) is 4.57. The van der Waals surface area contributed by atoms with E-state index in [9.17, 15) is 0 Å². The molecule has 1 atom stereocenters. The molecular weight excluding hydrogens is 190 g/mol.